The second kappa shape index (κ2) is 6.41. The molecule has 1 fully saturated rings. The molecule has 1 aromatic carbocycles. The van der Waals surface area contributed by atoms with E-state index < -0.39 is 5.67 Å². The van der Waals surface area contributed by atoms with Crippen LogP contribution in [0.4, 0.5) is 4.39 Å². The number of hydrogen-bond donors (Lipinski definition) is 0. The summed E-state index contributed by atoms with van der Waals surface area (Å²) in [5.41, 5.74) is 4.44. The lowest BCUT2D eigenvalue weighted by molar-refractivity contribution is 0.154. The number of aryl methyl sites for hydroxylation is 1. The molecule has 2 aromatic heterocycles. The van der Waals surface area contributed by atoms with E-state index in [2.05, 4.69) is 46.5 Å². The van der Waals surface area contributed by atoms with Gasteiger partial charge in [0, 0.05) is 53.1 Å². The van der Waals surface area contributed by atoms with Gasteiger partial charge in [-0.2, -0.15) is 0 Å². The largest absolute Gasteiger partial charge is 0.341 e. The molecule has 1 saturated heterocycles. The minimum Gasteiger partial charge on any atom is -0.341 e. The van der Waals surface area contributed by atoms with E-state index in [9.17, 15) is 0 Å². The van der Waals surface area contributed by atoms with E-state index in [-0.39, 0.29) is 0 Å². The van der Waals surface area contributed by atoms with Gasteiger partial charge in [0.1, 0.15) is 0 Å². The molecule has 4 heterocycles. The molecule has 3 aromatic rings. The predicted molar refractivity (Wildman–Crippen MR) is 111 cm³/mol. The molecule has 0 aliphatic carbocycles. The molecule has 4 heteroatoms. The standard InChI is InChI=1S/C24H28FN3/c1-4-27-18-8-10-21(27)23-19-12-16(2)7-9-20(19)28(22(23)13-18)15-24(3,25)17-6-5-11-26-14-17/h5-7,9,11-12,14,18,21H,4,8,10,13,15H2,1-3H3. The number of aromatic nitrogens is 2. The summed E-state index contributed by atoms with van der Waals surface area (Å²) in [6.45, 7) is 7.52. The Morgan fingerprint density at radius 3 is 2.86 bits per heavy atom. The van der Waals surface area contributed by atoms with E-state index in [1.807, 2.05) is 12.1 Å². The second-order valence-electron chi connectivity index (χ2n) is 8.69. The van der Waals surface area contributed by atoms with Crippen molar-refractivity contribution < 1.29 is 4.39 Å². The molecule has 2 bridgehead atoms. The Morgan fingerprint density at radius 2 is 2.11 bits per heavy atom. The maximum absolute atomic E-state index is 15.8. The van der Waals surface area contributed by atoms with Gasteiger partial charge >= 0.3 is 0 Å². The Bertz CT molecular complexity index is 1020. The first kappa shape index (κ1) is 17.9. The van der Waals surface area contributed by atoms with Crippen LogP contribution in [0, 0.1) is 6.92 Å². The molecule has 0 N–H and O–H groups in total. The number of halogens is 1. The van der Waals surface area contributed by atoms with Crippen molar-refractivity contribution >= 4 is 10.9 Å². The highest BCUT2D eigenvalue weighted by atomic mass is 19.1. The van der Waals surface area contributed by atoms with Gasteiger partial charge in [-0.1, -0.05) is 24.6 Å². The number of alkyl halides is 1. The Balaban J connectivity index is 1.68. The average molecular weight is 378 g/mol. The summed E-state index contributed by atoms with van der Waals surface area (Å²) in [4.78, 5) is 6.80. The molecule has 0 spiro atoms. The van der Waals surface area contributed by atoms with Gasteiger partial charge in [0.15, 0.2) is 5.67 Å². The van der Waals surface area contributed by atoms with Gasteiger partial charge in [0.25, 0.3) is 0 Å². The third kappa shape index (κ3) is 2.61. The van der Waals surface area contributed by atoms with Gasteiger partial charge < -0.3 is 4.57 Å². The molecular formula is C24H28FN3. The van der Waals surface area contributed by atoms with Crippen molar-refractivity contribution in [2.24, 2.45) is 0 Å². The molecule has 0 radical (unpaired) electrons. The van der Waals surface area contributed by atoms with Crippen LogP contribution < -0.4 is 0 Å². The first-order valence-corrected chi connectivity index (χ1v) is 10.5. The minimum absolute atomic E-state index is 0.332. The smallest absolute Gasteiger partial charge is 0.152 e. The van der Waals surface area contributed by atoms with E-state index in [1.165, 1.54) is 40.6 Å². The van der Waals surface area contributed by atoms with Gasteiger partial charge in [0.05, 0.1) is 6.54 Å². The predicted octanol–water partition coefficient (Wildman–Crippen LogP) is 5.31. The van der Waals surface area contributed by atoms with Gasteiger partial charge in [-0.3, -0.25) is 9.88 Å². The minimum atomic E-state index is -1.46. The van der Waals surface area contributed by atoms with Crippen molar-refractivity contribution in [3.05, 3.63) is 65.1 Å². The fraction of sp³-hybridized carbons (Fsp3) is 0.458. The molecule has 2 aliphatic rings. The van der Waals surface area contributed by atoms with Crippen LogP contribution in [0.5, 0.6) is 0 Å². The van der Waals surface area contributed by atoms with Crippen LogP contribution >= 0.6 is 0 Å². The van der Waals surface area contributed by atoms with Crippen LogP contribution in [0.2, 0.25) is 0 Å². The molecule has 3 nitrogen and oxygen atoms in total. The topological polar surface area (TPSA) is 21.1 Å². The second-order valence-corrected chi connectivity index (χ2v) is 8.69. The van der Waals surface area contributed by atoms with Crippen LogP contribution in [-0.4, -0.2) is 27.0 Å². The number of benzene rings is 1. The van der Waals surface area contributed by atoms with Crippen LogP contribution in [0.1, 0.15) is 55.1 Å². The highest BCUT2D eigenvalue weighted by molar-refractivity contribution is 5.87. The Kier molecular flexibility index (Phi) is 4.09. The molecular weight excluding hydrogens is 349 g/mol. The Morgan fingerprint density at radius 1 is 1.25 bits per heavy atom. The van der Waals surface area contributed by atoms with Crippen LogP contribution in [0.3, 0.4) is 0 Å². The SMILES string of the molecule is CCN1C2CCC1c1c(n(CC(C)(F)c3cccnc3)c3ccc(C)cc13)C2. The Labute approximate surface area is 166 Å². The zero-order chi connectivity index (χ0) is 19.5. The third-order valence-corrected chi connectivity index (χ3v) is 6.86. The van der Waals surface area contributed by atoms with Crippen molar-refractivity contribution in [3.63, 3.8) is 0 Å². The first-order chi connectivity index (χ1) is 13.5. The van der Waals surface area contributed by atoms with Crippen molar-refractivity contribution in [1.82, 2.24) is 14.5 Å². The summed E-state index contributed by atoms with van der Waals surface area (Å²) in [6, 6.07) is 11.4. The van der Waals surface area contributed by atoms with Crippen molar-refractivity contribution in [2.45, 2.75) is 64.3 Å². The summed E-state index contributed by atoms with van der Waals surface area (Å²) >= 11 is 0. The van der Waals surface area contributed by atoms with Gasteiger partial charge in [0.2, 0.25) is 0 Å². The van der Waals surface area contributed by atoms with E-state index >= 15 is 4.39 Å². The average Bonchev–Trinajstić information content (AvgIpc) is 3.15. The lowest BCUT2D eigenvalue weighted by Gasteiger charge is -2.35. The lowest BCUT2D eigenvalue weighted by atomic mass is 9.96. The molecule has 28 heavy (non-hydrogen) atoms. The first-order valence-electron chi connectivity index (χ1n) is 10.5. The van der Waals surface area contributed by atoms with E-state index in [1.54, 1.807) is 19.3 Å². The summed E-state index contributed by atoms with van der Waals surface area (Å²) < 4.78 is 18.1. The zero-order valence-corrected chi connectivity index (χ0v) is 17.0. The van der Waals surface area contributed by atoms with Gasteiger partial charge in [-0.15, -0.1) is 0 Å². The number of fused-ring (bicyclic) bond motifs is 6. The number of nitrogens with zero attached hydrogens (tertiary/aromatic N) is 3. The highest BCUT2D eigenvalue weighted by Gasteiger charge is 2.42. The number of pyridine rings is 1. The summed E-state index contributed by atoms with van der Waals surface area (Å²) in [5, 5.41) is 1.32. The highest BCUT2D eigenvalue weighted by Crippen LogP contribution is 2.48. The van der Waals surface area contributed by atoms with Crippen molar-refractivity contribution in [2.75, 3.05) is 6.54 Å². The third-order valence-electron chi connectivity index (χ3n) is 6.86. The number of likely N-dealkylation sites (N-methyl/N-ethyl adjacent to an activating group) is 1. The maximum atomic E-state index is 15.8. The fourth-order valence-electron chi connectivity index (χ4n) is 5.55. The van der Waals surface area contributed by atoms with Gasteiger partial charge in [-0.05, 0) is 57.0 Å². The van der Waals surface area contributed by atoms with Crippen molar-refractivity contribution in [3.8, 4) is 0 Å². The molecule has 3 atom stereocenters. The zero-order valence-electron chi connectivity index (χ0n) is 17.0. The van der Waals surface area contributed by atoms with E-state index in [0.29, 0.717) is 24.2 Å². The van der Waals surface area contributed by atoms with Crippen LogP contribution in [0.15, 0.2) is 42.7 Å². The van der Waals surface area contributed by atoms with Crippen LogP contribution in [0.25, 0.3) is 10.9 Å². The molecule has 2 aliphatic heterocycles. The normalized spacial score (nSPS) is 23.7. The van der Waals surface area contributed by atoms with E-state index in [0.717, 1.165) is 13.0 Å². The van der Waals surface area contributed by atoms with Crippen molar-refractivity contribution in [1.29, 1.82) is 0 Å². The lowest BCUT2D eigenvalue weighted by Crippen LogP contribution is -2.38. The van der Waals surface area contributed by atoms with E-state index in [4.69, 9.17) is 0 Å². The molecule has 3 unspecified atom stereocenters. The molecule has 0 saturated carbocycles. The molecule has 146 valence electrons. The molecule has 0 amide bonds. The molecule has 5 rings (SSSR count). The fourth-order valence-corrected chi connectivity index (χ4v) is 5.55. The Hall–Kier alpha value is -2.20. The number of rotatable bonds is 4. The summed E-state index contributed by atoms with van der Waals surface area (Å²) in [7, 11) is 0. The number of hydrogen-bond acceptors (Lipinski definition) is 2. The summed E-state index contributed by atoms with van der Waals surface area (Å²) in [5.74, 6) is 0. The van der Waals surface area contributed by atoms with Gasteiger partial charge in [-0.25, -0.2) is 4.39 Å². The monoisotopic (exact) mass is 377 g/mol. The quantitative estimate of drug-likeness (QED) is 0.614. The summed E-state index contributed by atoms with van der Waals surface area (Å²) in [6.07, 6.45) is 6.84. The maximum Gasteiger partial charge on any atom is 0.152 e. The van der Waals surface area contributed by atoms with Crippen LogP contribution in [-0.2, 0) is 18.6 Å².